The van der Waals surface area contributed by atoms with Gasteiger partial charge >= 0.3 is 29.8 Å². The molecule has 3 aliphatic heterocycles. The molecule has 0 radical (unpaired) electrons. The van der Waals surface area contributed by atoms with Gasteiger partial charge in [-0.25, -0.2) is 9.59 Å². The molecule has 65 heavy (non-hydrogen) atoms. The normalized spacial score (nSPS) is 18.2. The molecular formula is C44H62N6O15. The summed E-state index contributed by atoms with van der Waals surface area (Å²) in [5.41, 5.74) is -3.32. The molecule has 0 aromatic heterocycles. The zero-order valence-electron chi connectivity index (χ0n) is 38.9. The molecule has 4 amide bonds. The SMILES string of the molecule is CC(C)(C)OC(=O)CN1CCN(CC(=O)OC(C)(C)C)CCN(CC(=O)c2cc(C(=O)ON3C(=O)CCC3=O)cc(C(=O)ON3C(=O)CCC3=O)c2)CCN(CC(=O)OC(C)(C)C)CC1. The minimum atomic E-state index is -1.26. The molecular weight excluding hydrogens is 853 g/mol. The third kappa shape index (κ3) is 17.4. The van der Waals surface area contributed by atoms with Crippen molar-refractivity contribution in [3.05, 3.63) is 34.9 Å². The number of imide groups is 2. The fourth-order valence-corrected chi connectivity index (χ4v) is 6.79. The monoisotopic (exact) mass is 914 g/mol. The quantitative estimate of drug-likeness (QED) is 0.118. The molecule has 3 heterocycles. The minimum Gasteiger partial charge on any atom is -0.459 e. The third-order valence-electron chi connectivity index (χ3n) is 9.70. The van der Waals surface area contributed by atoms with E-state index in [4.69, 9.17) is 23.9 Å². The maximum absolute atomic E-state index is 14.3. The van der Waals surface area contributed by atoms with Crippen molar-refractivity contribution < 1.29 is 71.8 Å². The average molecular weight is 915 g/mol. The number of carbonyl (C=O) groups is 10. The molecule has 0 unspecified atom stereocenters. The number of nitrogens with zero attached hydrogens (tertiary/aromatic N) is 6. The van der Waals surface area contributed by atoms with E-state index in [0.717, 1.165) is 18.2 Å². The second kappa shape index (κ2) is 22.0. The molecule has 21 nitrogen and oxygen atoms in total. The van der Waals surface area contributed by atoms with Crippen LogP contribution in [0.5, 0.6) is 0 Å². The number of carbonyl (C=O) groups excluding carboxylic acids is 10. The zero-order chi connectivity index (χ0) is 48.4. The van der Waals surface area contributed by atoms with Crippen LogP contribution in [0.15, 0.2) is 18.2 Å². The van der Waals surface area contributed by atoms with Crippen molar-refractivity contribution in [2.45, 2.75) is 105 Å². The van der Waals surface area contributed by atoms with Crippen LogP contribution in [0, 0.1) is 0 Å². The fraction of sp³-hybridized carbons (Fsp3) is 0.636. The number of amides is 4. The number of hydrogen-bond donors (Lipinski definition) is 0. The summed E-state index contributed by atoms with van der Waals surface area (Å²) in [5.74, 6) is -7.65. The van der Waals surface area contributed by atoms with Gasteiger partial charge in [0.05, 0.1) is 37.3 Å². The number of benzene rings is 1. The lowest BCUT2D eigenvalue weighted by Crippen LogP contribution is -2.50. The molecule has 0 atom stereocenters. The van der Waals surface area contributed by atoms with Gasteiger partial charge in [-0.15, -0.1) is 10.1 Å². The number of Topliss-reactive ketones (excluding diaryl/α,β-unsaturated/α-hetero) is 1. The Morgan fingerprint density at radius 2 is 0.662 bits per heavy atom. The third-order valence-corrected chi connectivity index (χ3v) is 9.70. The van der Waals surface area contributed by atoms with Gasteiger partial charge < -0.3 is 23.9 Å². The number of rotatable bonds is 13. The Kier molecular flexibility index (Phi) is 17.6. The maximum Gasteiger partial charge on any atom is 0.363 e. The number of ether oxygens (including phenoxy) is 3. The average Bonchev–Trinajstić information content (AvgIpc) is 3.66. The summed E-state index contributed by atoms with van der Waals surface area (Å²) in [5, 5.41) is 0.603. The summed E-state index contributed by atoms with van der Waals surface area (Å²) < 4.78 is 16.8. The first-order valence-corrected chi connectivity index (χ1v) is 21.5. The van der Waals surface area contributed by atoms with Gasteiger partial charge in [0.1, 0.15) is 16.8 Å². The number of hydrogen-bond acceptors (Lipinski definition) is 19. The van der Waals surface area contributed by atoms with Crippen LogP contribution in [0.3, 0.4) is 0 Å². The number of esters is 3. The predicted molar refractivity (Wildman–Crippen MR) is 227 cm³/mol. The van der Waals surface area contributed by atoms with E-state index >= 15 is 0 Å². The van der Waals surface area contributed by atoms with Gasteiger partial charge in [0.15, 0.2) is 5.78 Å². The van der Waals surface area contributed by atoms with E-state index in [0.29, 0.717) is 23.2 Å². The van der Waals surface area contributed by atoms with E-state index in [2.05, 4.69) is 0 Å². The first-order chi connectivity index (χ1) is 30.1. The standard InChI is InChI=1S/C44H62N6O15/c1-42(2,3)61-37(56)26-46-16-14-45(15-17-47(27-38(57)62-43(4,5)6)19-21-48(20-18-46)28-39(58)63-44(7,8)9)25-32(51)29-22-30(40(59)64-49-33(52)10-11-34(49)53)24-31(23-29)41(60)65-50-35(54)12-13-36(50)55/h22-24H,10-21,25-28H2,1-9H3. The molecule has 3 aliphatic rings. The van der Waals surface area contributed by atoms with Gasteiger partial charge in [-0.2, -0.15) is 0 Å². The van der Waals surface area contributed by atoms with E-state index in [1.165, 1.54) is 0 Å². The summed E-state index contributed by atoms with van der Waals surface area (Å²) in [7, 11) is 0. The van der Waals surface area contributed by atoms with Crippen molar-refractivity contribution in [2.75, 3.05) is 78.5 Å². The van der Waals surface area contributed by atoms with Crippen molar-refractivity contribution in [2.24, 2.45) is 0 Å². The van der Waals surface area contributed by atoms with Crippen molar-refractivity contribution >= 4 is 59.3 Å². The topological polar surface area (TPSA) is 236 Å². The Labute approximate surface area is 378 Å². The van der Waals surface area contributed by atoms with Gasteiger partial charge in [0, 0.05) is 83.6 Å². The maximum atomic E-state index is 14.3. The van der Waals surface area contributed by atoms with Crippen LogP contribution in [0.1, 0.15) is 119 Å². The van der Waals surface area contributed by atoms with Crippen LogP contribution < -0.4 is 0 Å². The van der Waals surface area contributed by atoms with E-state index in [1.807, 2.05) is 14.7 Å². The van der Waals surface area contributed by atoms with Crippen molar-refractivity contribution in [3.8, 4) is 0 Å². The Hall–Kier alpha value is -5.64. The van der Waals surface area contributed by atoms with Crippen LogP contribution in [0.25, 0.3) is 0 Å². The first-order valence-electron chi connectivity index (χ1n) is 21.5. The molecule has 0 aliphatic carbocycles. The lowest BCUT2D eigenvalue weighted by Gasteiger charge is -2.34. The summed E-state index contributed by atoms with van der Waals surface area (Å²) in [6.45, 7) is 17.1. The van der Waals surface area contributed by atoms with Gasteiger partial charge in [-0.3, -0.25) is 58.0 Å². The van der Waals surface area contributed by atoms with E-state index in [9.17, 15) is 47.9 Å². The molecule has 21 heteroatoms. The molecule has 4 rings (SSSR count). The summed E-state index contributed by atoms with van der Waals surface area (Å²) in [4.78, 5) is 147. The summed E-state index contributed by atoms with van der Waals surface area (Å²) in [6.07, 6.45) is -0.759. The molecule has 0 saturated carbocycles. The number of ketones is 1. The smallest absolute Gasteiger partial charge is 0.363 e. The molecule has 3 fully saturated rings. The molecule has 1 aromatic rings. The highest BCUT2D eigenvalue weighted by Gasteiger charge is 2.36. The van der Waals surface area contributed by atoms with E-state index < -0.39 is 87.2 Å². The second-order valence-corrected chi connectivity index (χ2v) is 19.0. The summed E-state index contributed by atoms with van der Waals surface area (Å²) in [6, 6.07) is 3.19. The zero-order valence-corrected chi connectivity index (χ0v) is 38.9. The van der Waals surface area contributed by atoms with Gasteiger partial charge in [0.25, 0.3) is 23.6 Å². The molecule has 0 N–H and O–H groups in total. The fourth-order valence-electron chi connectivity index (χ4n) is 6.79. The van der Waals surface area contributed by atoms with Crippen LogP contribution in [-0.4, -0.2) is 184 Å². The van der Waals surface area contributed by atoms with Crippen LogP contribution in [0.4, 0.5) is 0 Å². The number of hydroxylamine groups is 4. The van der Waals surface area contributed by atoms with Gasteiger partial charge in [-0.05, 0) is 80.5 Å². The highest BCUT2D eigenvalue weighted by Crippen LogP contribution is 2.21. The van der Waals surface area contributed by atoms with E-state index in [-0.39, 0.29) is 96.7 Å². The highest BCUT2D eigenvalue weighted by molar-refractivity contribution is 6.06. The minimum absolute atomic E-state index is 0.0596. The lowest BCUT2D eigenvalue weighted by atomic mass is 10.0. The molecule has 0 spiro atoms. The molecule has 358 valence electrons. The second-order valence-electron chi connectivity index (χ2n) is 19.0. The Bertz CT molecular complexity index is 1870. The van der Waals surface area contributed by atoms with Crippen LogP contribution in [0.2, 0.25) is 0 Å². The van der Waals surface area contributed by atoms with Crippen molar-refractivity contribution in [1.82, 2.24) is 29.7 Å². The van der Waals surface area contributed by atoms with Crippen molar-refractivity contribution in [1.29, 1.82) is 0 Å². The van der Waals surface area contributed by atoms with Gasteiger partial charge in [-0.1, -0.05) is 0 Å². The van der Waals surface area contributed by atoms with E-state index in [1.54, 1.807) is 67.2 Å². The Balaban J connectivity index is 1.67. The largest absolute Gasteiger partial charge is 0.459 e. The van der Waals surface area contributed by atoms with Crippen LogP contribution >= 0.6 is 0 Å². The summed E-state index contributed by atoms with van der Waals surface area (Å²) >= 11 is 0. The molecule has 1 aromatic carbocycles. The molecule has 3 saturated heterocycles. The molecule has 0 bridgehead atoms. The van der Waals surface area contributed by atoms with Crippen molar-refractivity contribution in [3.63, 3.8) is 0 Å². The van der Waals surface area contributed by atoms with Crippen LogP contribution in [-0.2, 0) is 57.4 Å². The van der Waals surface area contributed by atoms with Gasteiger partial charge in [0.2, 0.25) is 0 Å². The first kappa shape index (κ1) is 52.0. The Morgan fingerprint density at radius 3 is 0.923 bits per heavy atom. The highest BCUT2D eigenvalue weighted by atomic mass is 16.7. The predicted octanol–water partition coefficient (Wildman–Crippen LogP) is 1.56. The lowest BCUT2D eigenvalue weighted by molar-refractivity contribution is -0.173. The Morgan fingerprint density at radius 1 is 0.415 bits per heavy atom.